The Balaban J connectivity index is 2.19. The summed E-state index contributed by atoms with van der Waals surface area (Å²) in [5.74, 6) is -0.253. The van der Waals surface area contributed by atoms with Crippen LogP contribution in [0.2, 0.25) is 0 Å². The number of likely N-dealkylation sites (N-methyl/N-ethyl adjacent to an activating group) is 1. The minimum atomic E-state index is -0.629. The number of ether oxygens (including phenoxy) is 1. The minimum Gasteiger partial charge on any atom is -0.484 e. The van der Waals surface area contributed by atoms with Crippen LogP contribution in [-0.2, 0) is 16.1 Å². The Kier molecular flexibility index (Phi) is 8.19. The number of rotatable bonds is 9. The van der Waals surface area contributed by atoms with Crippen LogP contribution in [0.1, 0.15) is 37.0 Å². The molecule has 6 heteroatoms. The van der Waals surface area contributed by atoms with Gasteiger partial charge in [-0.05, 0) is 68.1 Å². The van der Waals surface area contributed by atoms with E-state index in [-0.39, 0.29) is 30.8 Å². The summed E-state index contributed by atoms with van der Waals surface area (Å²) in [6.07, 6.45) is 0.461. The fraction of sp³-hybridized carbons (Fsp3) is 0.391. The van der Waals surface area contributed by atoms with Crippen molar-refractivity contribution in [3.05, 3.63) is 65.0 Å². The number of aryl methyl sites for hydroxylation is 2. The number of nitrogens with one attached hydrogen (secondary N) is 1. The van der Waals surface area contributed by atoms with Crippen molar-refractivity contribution >= 4 is 11.8 Å². The van der Waals surface area contributed by atoms with Crippen LogP contribution < -0.4 is 10.1 Å². The molecule has 156 valence electrons. The van der Waals surface area contributed by atoms with Gasteiger partial charge in [0.05, 0.1) is 0 Å². The number of carbonyl (C=O) groups excluding carboxylic acids is 2. The average Bonchev–Trinajstić information content (AvgIpc) is 2.70. The van der Waals surface area contributed by atoms with E-state index < -0.39 is 6.04 Å². The predicted octanol–water partition coefficient (Wildman–Crippen LogP) is 3.76. The Morgan fingerprint density at radius 2 is 1.76 bits per heavy atom. The molecule has 1 N–H and O–H groups in total. The number of hydrogen-bond acceptors (Lipinski definition) is 3. The van der Waals surface area contributed by atoms with Crippen molar-refractivity contribution in [3.63, 3.8) is 0 Å². The largest absolute Gasteiger partial charge is 0.484 e. The Morgan fingerprint density at radius 1 is 1.07 bits per heavy atom. The summed E-state index contributed by atoms with van der Waals surface area (Å²) in [5.41, 5.74) is 2.96. The summed E-state index contributed by atoms with van der Waals surface area (Å²) >= 11 is 0. The zero-order chi connectivity index (χ0) is 21.4. The van der Waals surface area contributed by atoms with E-state index in [0.29, 0.717) is 18.7 Å². The van der Waals surface area contributed by atoms with Gasteiger partial charge in [0.2, 0.25) is 5.91 Å². The van der Waals surface area contributed by atoms with E-state index in [9.17, 15) is 14.0 Å². The van der Waals surface area contributed by atoms with E-state index in [0.717, 1.165) is 16.7 Å². The molecule has 0 aromatic heterocycles. The molecule has 2 amide bonds. The van der Waals surface area contributed by atoms with E-state index in [2.05, 4.69) is 5.32 Å². The van der Waals surface area contributed by atoms with Crippen LogP contribution in [0.5, 0.6) is 5.75 Å². The van der Waals surface area contributed by atoms with Gasteiger partial charge >= 0.3 is 0 Å². The molecule has 2 aromatic carbocycles. The van der Waals surface area contributed by atoms with Gasteiger partial charge in [-0.3, -0.25) is 9.59 Å². The Bertz CT molecular complexity index is 837. The molecule has 0 aliphatic carbocycles. The van der Waals surface area contributed by atoms with Crippen LogP contribution in [0.15, 0.2) is 42.5 Å². The van der Waals surface area contributed by atoms with Gasteiger partial charge in [-0.2, -0.15) is 0 Å². The maximum Gasteiger partial charge on any atom is 0.261 e. The van der Waals surface area contributed by atoms with Crippen molar-refractivity contribution in [1.82, 2.24) is 10.2 Å². The third kappa shape index (κ3) is 6.31. The fourth-order valence-electron chi connectivity index (χ4n) is 3.03. The summed E-state index contributed by atoms with van der Waals surface area (Å²) in [6, 6.07) is 10.9. The van der Waals surface area contributed by atoms with E-state index in [1.54, 1.807) is 12.1 Å². The monoisotopic (exact) mass is 400 g/mol. The third-order valence-electron chi connectivity index (χ3n) is 4.84. The molecule has 0 bridgehead atoms. The molecule has 0 spiro atoms. The van der Waals surface area contributed by atoms with Crippen molar-refractivity contribution in [2.24, 2.45) is 0 Å². The lowest BCUT2D eigenvalue weighted by Gasteiger charge is -2.30. The second kappa shape index (κ2) is 10.6. The molecule has 5 nitrogen and oxygen atoms in total. The normalized spacial score (nSPS) is 11.6. The third-order valence-corrected chi connectivity index (χ3v) is 4.84. The zero-order valence-electron chi connectivity index (χ0n) is 17.5. The minimum absolute atomic E-state index is 0.181. The lowest BCUT2D eigenvalue weighted by atomic mass is 10.1. The Morgan fingerprint density at radius 3 is 2.34 bits per heavy atom. The maximum absolute atomic E-state index is 13.2. The van der Waals surface area contributed by atoms with Gasteiger partial charge in [-0.25, -0.2) is 4.39 Å². The second-order valence-electron chi connectivity index (χ2n) is 7.00. The molecule has 1 atom stereocenters. The smallest absolute Gasteiger partial charge is 0.261 e. The summed E-state index contributed by atoms with van der Waals surface area (Å²) in [5, 5.41) is 2.78. The van der Waals surface area contributed by atoms with Gasteiger partial charge in [0.1, 0.15) is 17.6 Å². The zero-order valence-corrected chi connectivity index (χ0v) is 17.5. The number of amides is 2. The highest BCUT2D eigenvalue weighted by atomic mass is 19.1. The molecule has 2 aromatic rings. The van der Waals surface area contributed by atoms with Gasteiger partial charge in [-0.15, -0.1) is 0 Å². The van der Waals surface area contributed by atoms with Gasteiger partial charge in [-0.1, -0.05) is 25.1 Å². The van der Waals surface area contributed by atoms with Crippen molar-refractivity contribution in [2.45, 2.75) is 46.7 Å². The van der Waals surface area contributed by atoms with Crippen LogP contribution in [0.4, 0.5) is 4.39 Å². The number of halogens is 1. The van der Waals surface area contributed by atoms with E-state index >= 15 is 0 Å². The standard InChI is InChI=1S/C23H29FN2O3/c1-5-21(23(28)25-6-2)26(14-18-8-10-19(24)11-9-18)22(27)15-29-20-12-7-16(3)17(4)13-20/h7-13,21H,5-6,14-15H2,1-4H3,(H,25,28)/t21-/m1/s1. The SMILES string of the molecule is CCNC(=O)[C@@H](CC)N(Cc1ccc(F)cc1)C(=O)COc1ccc(C)c(C)c1. The predicted molar refractivity (Wildman–Crippen MR) is 111 cm³/mol. The maximum atomic E-state index is 13.2. The first-order chi connectivity index (χ1) is 13.8. The van der Waals surface area contributed by atoms with E-state index in [1.165, 1.54) is 17.0 Å². The molecular weight excluding hydrogens is 371 g/mol. The van der Waals surface area contributed by atoms with Crippen LogP contribution in [0.25, 0.3) is 0 Å². The van der Waals surface area contributed by atoms with Crippen LogP contribution in [0.3, 0.4) is 0 Å². The summed E-state index contributed by atoms with van der Waals surface area (Å²) in [7, 11) is 0. The number of benzene rings is 2. The number of hydrogen-bond donors (Lipinski definition) is 1. The lowest BCUT2D eigenvalue weighted by molar-refractivity contribution is -0.142. The van der Waals surface area contributed by atoms with Crippen molar-refractivity contribution < 1.29 is 18.7 Å². The highest BCUT2D eigenvalue weighted by Gasteiger charge is 2.28. The van der Waals surface area contributed by atoms with Crippen LogP contribution >= 0.6 is 0 Å². The first kappa shape index (κ1) is 22.4. The molecule has 0 saturated heterocycles. The van der Waals surface area contributed by atoms with Gasteiger partial charge in [0, 0.05) is 13.1 Å². The number of carbonyl (C=O) groups is 2. The van der Waals surface area contributed by atoms with Crippen molar-refractivity contribution in [2.75, 3.05) is 13.2 Å². The Labute approximate surface area is 171 Å². The summed E-state index contributed by atoms with van der Waals surface area (Å²) < 4.78 is 18.9. The average molecular weight is 400 g/mol. The van der Waals surface area contributed by atoms with Gasteiger partial charge in [0.15, 0.2) is 6.61 Å². The molecule has 0 fully saturated rings. The molecule has 0 unspecified atom stereocenters. The van der Waals surface area contributed by atoms with Crippen molar-refractivity contribution in [3.8, 4) is 5.75 Å². The molecule has 2 rings (SSSR count). The van der Waals surface area contributed by atoms with Crippen LogP contribution in [0, 0.1) is 19.7 Å². The highest BCUT2D eigenvalue weighted by Crippen LogP contribution is 2.18. The van der Waals surface area contributed by atoms with Gasteiger partial charge < -0.3 is 15.0 Å². The van der Waals surface area contributed by atoms with Crippen LogP contribution in [-0.4, -0.2) is 35.9 Å². The molecule has 29 heavy (non-hydrogen) atoms. The second-order valence-corrected chi connectivity index (χ2v) is 7.00. The lowest BCUT2D eigenvalue weighted by Crippen LogP contribution is -2.50. The first-order valence-corrected chi connectivity index (χ1v) is 9.87. The summed E-state index contributed by atoms with van der Waals surface area (Å²) in [6.45, 7) is 8.17. The molecule has 0 aliphatic rings. The molecular formula is C23H29FN2O3. The summed E-state index contributed by atoms with van der Waals surface area (Å²) in [4.78, 5) is 27.0. The van der Waals surface area contributed by atoms with Gasteiger partial charge in [0.25, 0.3) is 5.91 Å². The van der Waals surface area contributed by atoms with Crippen molar-refractivity contribution in [1.29, 1.82) is 0 Å². The highest BCUT2D eigenvalue weighted by molar-refractivity contribution is 5.88. The van der Waals surface area contributed by atoms with E-state index in [4.69, 9.17) is 4.74 Å². The van der Waals surface area contributed by atoms with E-state index in [1.807, 2.05) is 45.9 Å². The molecule has 0 radical (unpaired) electrons. The molecule has 0 saturated carbocycles. The first-order valence-electron chi connectivity index (χ1n) is 9.87. The fourth-order valence-corrected chi connectivity index (χ4v) is 3.03. The number of nitrogens with zero attached hydrogens (tertiary/aromatic N) is 1. The quantitative estimate of drug-likeness (QED) is 0.697. The molecule has 0 heterocycles. The Hall–Kier alpha value is -2.89. The topological polar surface area (TPSA) is 58.6 Å². The molecule has 0 aliphatic heterocycles.